The molecule has 1 aliphatic rings. The highest BCUT2D eigenvalue weighted by molar-refractivity contribution is 6.32. The van der Waals surface area contributed by atoms with Gasteiger partial charge in [-0.1, -0.05) is 29.8 Å². The molecule has 3 nitrogen and oxygen atoms in total. The van der Waals surface area contributed by atoms with Gasteiger partial charge in [0.1, 0.15) is 11.6 Å². The van der Waals surface area contributed by atoms with Gasteiger partial charge in [-0.3, -0.25) is 4.79 Å². The van der Waals surface area contributed by atoms with E-state index in [2.05, 4.69) is 0 Å². The molecule has 0 aliphatic carbocycles. The molecule has 3 rings (SSSR count). The van der Waals surface area contributed by atoms with Gasteiger partial charge in [-0.25, -0.2) is 4.39 Å². The van der Waals surface area contributed by atoms with E-state index in [9.17, 15) is 9.18 Å². The third-order valence-corrected chi connectivity index (χ3v) is 4.15. The Morgan fingerprint density at radius 1 is 1.22 bits per heavy atom. The average molecular weight is 332 g/mol. The summed E-state index contributed by atoms with van der Waals surface area (Å²) >= 11 is 6.03. The SMILES string of the molecule is COc1c(Cl)cc(F)cc1-c1ccc(N2CC=C(C)C2=O)cc1. The maximum absolute atomic E-state index is 13.6. The Morgan fingerprint density at radius 2 is 1.91 bits per heavy atom. The molecular formula is C18H15ClFNO2. The first-order valence-corrected chi connectivity index (χ1v) is 7.51. The summed E-state index contributed by atoms with van der Waals surface area (Å²) in [4.78, 5) is 13.7. The molecule has 2 aromatic carbocycles. The summed E-state index contributed by atoms with van der Waals surface area (Å²) in [5.74, 6) is 0.00382. The number of rotatable bonds is 3. The lowest BCUT2D eigenvalue weighted by atomic mass is 10.0. The number of ether oxygens (including phenoxy) is 1. The zero-order valence-electron chi connectivity index (χ0n) is 12.8. The number of amides is 1. The van der Waals surface area contributed by atoms with Crippen LogP contribution in [0, 0.1) is 5.82 Å². The minimum Gasteiger partial charge on any atom is -0.495 e. The van der Waals surface area contributed by atoms with Crippen LogP contribution in [0.3, 0.4) is 0 Å². The monoisotopic (exact) mass is 331 g/mol. The number of methoxy groups -OCH3 is 1. The molecule has 5 heteroatoms. The maximum Gasteiger partial charge on any atom is 0.253 e. The number of halogens is 2. The highest BCUT2D eigenvalue weighted by Crippen LogP contribution is 2.37. The molecule has 23 heavy (non-hydrogen) atoms. The van der Waals surface area contributed by atoms with Crippen LogP contribution >= 0.6 is 11.6 Å². The third kappa shape index (κ3) is 2.82. The molecule has 0 spiro atoms. The summed E-state index contributed by atoms with van der Waals surface area (Å²) in [6.07, 6.45) is 1.89. The van der Waals surface area contributed by atoms with E-state index in [1.165, 1.54) is 19.2 Å². The normalized spacial score (nSPS) is 14.2. The third-order valence-electron chi connectivity index (χ3n) is 3.87. The lowest BCUT2D eigenvalue weighted by Gasteiger charge is -2.17. The van der Waals surface area contributed by atoms with Crippen LogP contribution in [-0.2, 0) is 4.79 Å². The van der Waals surface area contributed by atoms with Gasteiger partial charge in [0.2, 0.25) is 0 Å². The second kappa shape index (κ2) is 6.05. The largest absolute Gasteiger partial charge is 0.495 e. The van der Waals surface area contributed by atoms with Crippen molar-refractivity contribution in [2.45, 2.75) is 6.92 Å². The van der Waals surface area contributed by atoms with Crippen LogP contribution < -0.4 is 9.64 Å². The molecule has 0 radical (unpaired) electrons. The molecule has 0 atom stereocenters. The minimum atomic E-state index is -0.426. The zero-order chi connectivity index (χ0) is 16.6. The van der Waals surface area contributed by atoms with Gasteiger partial charge in [0, 0.05) is 23.4 Å². The Labute approximate surface area is 138 Å². The average Bonchev–Trinajstić information content (AvgIpc) is 2.86. The first-order chi connectivity index (χ1) is 11.0. The van der Waals surface area contributed by atoms with Gasteiger partial charge in [-0.2, -0.15) is 0 Å². The summed E-state index contributed by atoms with van der Waals surface area (Å²) in [5.41, 5.74) is 2.88. The first kappa shape index (κ1) is 15.6. The molecule has 0 bridgehead atoms. The van der Waals surface area contributed by atoms with Crippen LogP contribution in [0.1, 0.15) is 6.92 Å². The van der Waals surface area contributed by atoms with E-state index in [0.29, 0.717) is 17.9 Å². The van der Waals surface area contributed by atoms with Crippen LogP contribution in [0.15, 0.2) is 48.0 Å². The van der Waals surface area contributed by atoms with Gasteiger partial charge in [0.05, 0.1) is 12.1 Å². The number of benzene rings is 2. The Bertz CT molecular complexity index is 799. The molecule has 1 amide bonds. The molecule has 1 aliphatic heterocycles. The van der Waals surface area contributed by atoms with Gasteiger partial charge >= 0.3 is 0 Å². The number of nitrogens with zero attached hydrogens (tertiary/aromatic N) is 1. The lowest BCUT2D eigenvalue weighted by Crippen LogP contribution is -2.25. The van der Waals surface area contributed by atoms with E-state index in [0.717, 1.165) is 16.8 Å². The zero-order valence-corrected chi connectivity index (χ0v) is 13.5. The van der Waals surface area contributed by atoms with Crippen molar-refractivity contribution < 1.29 is 13.9 Å². The molecular weight excluding hydrogens is 317 g/mol. The Morgan fingerprint density at radius 3 is 2.48 bits per heavy atom. The Kier molecular flexibility index (Phi) is 4.09. The maximum atomic E-state index is 13.6. The molecule has 0 fully saturated rings. The van der Waals surface area contributed by atoms with Crippen molar-refractivity contribution >= 4 is 23.2 Å². The van der Waals surface area contributed by atoms with Gasteiger partial charge in [-0.15, -0.1) is 0 Å². The second-order valence-corrected chi connectivity index (χ2v) is 5.73. The lowest BCUT2D eigenvalue weighted by molar-refractivity contribution is -0.114. The molecule has 1 heterocycles. The highest BCUT2D eigenvalue weighted by Gasteiger charge is 2.22. The van der Waals surface area contributed by atoms with Gasteiger partial charge < -0.3 is 9.64 Å². The molecule has 0 unspecified atom stereocenters. The Hall–Kier alpha value is -2.33. The van der Waals surface area contributed by atoms with E-state index in [1.807, 2.05) is 30.3 Å². The summed E-state index contributed by atoms with van der Waals surface area (Å²) in [7, 11) is 1.49. The predicted molar refractivity (Wildman–Crippen MR) is 89.5 cm³/mol. The van der Waals surface area contributed by atoms with Crippen molar-refractivity contribution in [1.82, 2.24) is 0 Å². The Balaban J connectivity index is 1.96. The molecule has 2 aromatic rings. The number of anilines is 1. The number of hydrogen-bond donors (Lipinski definition) is 0. The van der Waals surface area contributed by atoms with Crippen molar-refractivity contribution in [3.05, 3.63) is 58.9 Å². The van der Waals surface area contributed by atoms with Crippen molar-refractivity contribution in [2.75, 3.05) is 18.6 Å². The summed E-state index contributed by atoms with van der Waals surface area (Å²) < 4.78 is 18.9. The van der Waals surface area contributed by atoms with E-state index < -0.39 is 5.82 Å². The smallest absolute Gasteiger partial charge is 0.253 e. The summed E-state index contributed by atoms with van der Waals surface area (Å²) in [6.45, 7) is 2.37. The molecule has 118 valence electrons. The van der Waals surface area contributed by atoms with Crippen LogP contribution in [0.25, 0.3) is 11.1 Å². The fraction of sp³-hybridized carbons (Fsp3) is 0.167. The van der Waals surface area contributed by atoms with Gasteiger partial charge in [-0.05, 0) is 36.8 Å². The molecule has 0 N–H and O–H groups in total. The van der Waals surface area contributed by atoms with E-state index in [1.54, 1.807) is 11.8 Å². The number of carbonyl (C=O) groups excluding carboxylic acids is 1. The standard InChI is InChI=1S/C18H15ClFNO2/c1-11-7-8-21(18(11)22)14-5-3-12(4-6-14)15-9-13(20)10-16(19)17(15)23-2/h3-7,9-10H,8H2,1-2H3. The fourth-order valence-electron chi connectivity index (χ4n) is 2.64. The van der Waals surface area contributed by atoms with Crippen LogP contribution in [-0.4, -0.2) is 19.6 Å². The predicted octanol–water partition coefficient (Wildman–Crippen LogP) is 4.45. The van der Waals surface area contributed by atoms with E-state index in [4.69, 9.17) is 16.3 Å². The van der Waals surface area contributed by atoms with Crippen LogP contribution in [0.5, 0.6) is 5.75 Å². The topological polar surface area (TPSA) is 29.5 Å². The van der Waals surface area contributed by atoms with Crippen molar-refractivity contribution in [3.8, 4) is 16.9 Å². The first-order valence-electron chi connectivity index (χ1n) is 7.13. The van der Waals surface area contributed by atoms with Gasteiger partial charge in [0.25, 0.3) is 5.91 Å². The fourth-order valence-corrected chi connectivity index (χ4v) is 2.92. The van der Waals surface area contributed by atoms with Crippen molar-refractivity contribution in [1.29, 1.82) is 0 Å². The molecule has 0 aromatic heterocycles. The highest BCUT2D eigenvalue weighted by atomic mass is 35.5. The molecule has 0 saturated heterocycles. The van der Waals surface area contributed by atoms with Crippen LogP contribution in [0.4, 0.5) is 10.1 Å². The van der Waals surface area contributed by atoms with E-state index >= 15 is 0 Å². The molecule has 0 saturated carbocycles. The quantitative estimate of drug-likeness (QED) is 0.831. The second-order valence-electron chi connectivity index (χ2n) is 5.32. The van der Waals surface area contributed by atoms with Crippen LogP contribution in [0.2, 0.25) is 5.02 Å². The van der Waals surface area contributed by atoms with Crippen molar-refractivity contribution in [3.63, 3.8) is 0 Å². The van der Waals surface area contributed by atoms with E-state index in [-0.39, 0.29) is 10.9 Å². The number of carbonyl (C=O) groups is 1. The van der Waals surface area contributed by atoms with Crippen molar-refractivity contribution in [2.24, 2.45) is 0 Å². The summed E-state index contributed by atoms with van der Waals surface area (Å²) in [6, 6.07) is 9.91. The number of hydrogen-bond acceptors (Lipinski definition) is 2. The van der Waals surface area contributed by atoms with Gasteiger partial charge in [0.15, 0.2) is 0 Å². The summed E-state index contributed by atoms with van der Waals surface area (Å²) in [5, 5.41) is 0.223. The minimum absolute atomic E-state index is 0.00382.